The quantitative estimate of drug-likeness (QED) is 0.825. The molecule has 0 spiro atoms. The van der Waals surface area contributed by atoms with Gasteiger partial charge in [-0.05, 0) is 44.1 Å². The first-order valence-electron chi connectivity index (χ1n) is 6.31. The highest BCUT2D eigenvalue weighted by Crippen LogP contribution is 2.24. The molecule has 17 heavy (non-hydrogen) atoms. The zero-order valence-electron chi connectivity index (χ0n) is 11.0. The van der Waals surface area contributed by atoms with Gasteiger partial charge in [0.15, 0.2) is 0 Å². The van der Waals surface area contributed by atoms with Crippen molar-refractivity contribution in [3.05, 3.63) is 35.6 Å². The van der Waals surface area contributed by atoms with Crippen molar-refractivity contribution < 1.29 is 4.39 Å². The zero-order chi connectivity index (χ0) is 12.8. The van der Waals surface area contributed by atoms with Gasteiger partial charge in [-0.25, -0.2) is 4.39 Å². The topological polar surface area (TPSA) is 29.3 Å². The van der Waals surface area contributed by atoms with Crippen LogP contribution in [0.2, 0.25) is 0 Å². The fraction of sp³-hybridized carbons (Fsp3) is 0.571. The largest absolute Gasteiger partial charge is 0.326 e. The van der Waals surface area contributed by atoms with E-state index < -0.39 is 0 Å². The van der Waals surface area contributed by atoms with Gasteiger partial charge in [0, 0.05) is 12.1 Å². The predicted octanol–water partition coefficient (Wildman–Crippen LogP) is 2.95. The van der Waals surface area contributed by atoms with Gasteiger partial charge in [-0.2, -0.15) is 0 Å². The van der Waals surface area contributed by atoms with Gasteiger partial charge >= 0.3 is 0 Å². The van der Waals surface area contributed by atoms with Crippen LogP contribution in [-0.2, 0) is 0 Å². The Kier molecular flexibility index (Phi) is 5.59. The van der Waals surface area contributed by atoms with E-state index in [0.29, 0.717) is 0 Å². The van der Waals surface area contributed by atoms with E-state index in [0.717, 1.165) is 24.9 Å². The number of hydrogen-bond donors (Lipinski definition) is 1. The molecule has 0 aliphatic rings. The summed E-state index contributed by atoms with van der Waals surface area (Å²) in [5, 5.41) is 0. The van der Waals surface area contributed by atoms with Crippen LogP contribution in [0.25, 0.3) is 0 Å². The maximum Gasteiger partial charge on any atom is 0.123 e. The van der Waals surface area contributed by atoms with E-state index in [2.05, 4.69) is 25.8 Å². The summed E-state index contributed by atoms with van der Waals surface area (Å²) in [6.07, 6.45) is 1.95. The number of rotatable bonds is 6. The molecule has 0 heterocycles. The average Bonchev–Trinajstić information content (AvgIpc) is 2.29. The summed E-state index contributed by atoms with van der Waals surface area (Å²) >= 11 is 0. The Morgan fingerprint density at radius 3 is 2.59 bits per heavy atom. The minimum absolute atomic E-state index is 0.0355. The van der Waals surface area contributed by atoms with E-state index in [1.165, 1.54) is 6.07 Å². The number of nitrogens with two attached hydrogens (primary N) is 1. The lowest BCUT2D eigenvalue weighted by Crippen LogP contribution is -2.39. The molecule has 96 valence electrons. The van der Waals surface area contributed by atoms with Gasteiger partial charge in [0.2, 0.25) is 0 Å². The number of likely N-dealkylation sites (N-methyl/N-ethyl adjacent to an activating group) is 1. The Labute approximate surface area is 104 Å². The molecule has 0 fully saturated rings. The van der Waals surface area contributed by atoms with E-state index in [1.807, 2.05) is 6.07 Å². The molecule has 0 aromatic heterocycles. The van der Waals surface area contributed by atoms with Crippen molar-refractivity contribution in [3.8, 4) is 0 Å². The molecule has 3 heteroatoms. The molecule has 1 aromatic carbocycles. The van der Waals surface area contributed by atoms with Crippen LogP contribution in [0.15, 0.2) is 24.3 Å². The van der Waals surface area contributed by atoms with E-state index in [4.69, 9.17) is 5.73 Å². The first-order valence-corrected chi connectivity index (χ1v) is 6.31. The second kappa shape index (κ2) is 6.72. The molecule has 0 aliphatic heterocycles. The van der Waals surface area contributed by atoms with Crippen molar-refractivity contribution in [2.75, 3.05) is 13.6 Å². The van der Waals surface area contributed by atoms with E-state index in [9.17, 15) is 4.39 Å². The second-order valence-corrected chi connectivity index (χ2v) is 4.55. The summed E-state index contributed by atoms with van der Waals surface area (Å²) in [5.41, 5.74) is 7.13. The van der Waals surface area contributed by atoms with Gasteiger partial charge in [0.05, 0.1) is 0 Å². The number of halogens is 1. The highest BCUT2D eigenvalue weighted by molar-refractivity contribution is 5.21. The van der Waals surface area contributed by atoms with Crippen molar-refractivity contribution >= 4 is 0 Å². The Bertz CT molecular complexity index is 341. The average molecular weight is 238 g/mol. The minimum Gasteiger partial charge on any atom is -0.326 e. The van der Waals surface area contributed by atoms with Crippen LogP contribution in [0, 0.1) is 5.82 Å². The standard InChI is InChI=1S/C14H23FN2/c1-4-9-17(3)14(13(16)5-2)11-7-6-8-12(15)10-11/h6-8,10,13-14H,4-5,9,16H2,1-3H3. The van der Waals surface area contributed by atoms with Crippen molar-refractivity contribution in [2.24, 2.45) is 5.73 Å². The van der Waals surface area contributed by atoms with Crippen LogP contribution >= 0.6 is 0 Å². The van der Waals surface area contributed by atoms with Crippen LogP contribution in [0.1, 0.15) is 38.3 Å². The van der Waals surface area contributed by atoms with Crippen molar-refractivity contribution in [2.45, 2.75) is 38.8 Å². The van der Waals surface area contributed by atoms with Gasteiger partial charge < -0.3 is 5.73 Å². The molecule has 0 bridgehead atoms. The van der Waals surface area contributed by atoms with Crippen molar-refractivity contribution in [1.82, 2.24) is 4.90 Å². The van der Waals surface area contributed by atoms with Crippen molar-refractivity contribution in [1.29, 1.82) is 0 Å². The normalized spacial score (nSPS) is 14.9. The zero-order valence-corrected chi connectivity index (χ0v) is 11.0. The molecule has 2 unspecified atom stereocenters. The van der Waals surface area contributed by atoms with Crippen LogP contribution in [0.4, 0.5) is 4.39 Å². The summed E-state index contributed by atoms with van der Waals surface area (Å²) in [5.74, 6) is -0.194. The van der Waals surface area contributed by atoms with E-state index in [-0.39, 0.29) is 17.9 Å². The molecule has 0 saturated carbocycles. The molecule has 1 rings (SSSR count). The summed E-state index contributed by atoms with van der Waals surface area (Å²) < 4.78 is 13.3. The van der Waals surface area contributed by atoms with E-state index in [1.54, 1.807) is 12.1 Å². The number of hydrogen-bond acceptors (Lipinski definition) is 2. The maximum atomic E-state index is 13.3. The molecule has 2 nitrogen and oxygen atoms in total. The van der Waals surface area contributed by atoms with Crippen molar-refractivity contribution in [3.63, 3.8) is 0 Å². The molecule has 0 amide bonds. The molecule has 0 aliphatic carbocycles. The van der Waals surface area contributed by atoms with Gasteiger partial charge in [-0.15, -0.1) is 0 Å². The Balaban J connectivity index is 2.97. The van der Waals surface area contributed by atoms with Crippen LogP contribution in [0.3, 0.4) is 0 Å². The van der Waals surface area contributed by atoms with Gasteiger partial charge in [-0.1, -0.05) is 26.0 Å². The first kappa shape index (κ1) is 14.1. The fourth-order valence-corrected chi connectivity index (χ4v) is 2.23. The molecule has 0 saturated heterocycles. The Morgan fingerprint density at radius 2 is 2.06 bits per heavy atom. The monoisotopic (exact) mass is 238 g/mol. The summed E-state index contributed by atoms with van der Waals surface area (Å²) in [7, 11) is 2.05. The summed E-state index contributed by atoms with van der Waals surface area (Å²) in [4.78, 5) is 2.21. The molecular weight excluding hydrogens is 215 g/mol. The molecular formula is C14H23FN2. The third-order valence-electron chi connectivity index (χ3n) is 3.12. The lowest BCUT2D eigenvalue weighted by molar-refractivity contribution is 0.209. The highest BCUT2D eigenvalue weighted by atomic mass is 19.1. The van der Waals surface area contributed by atoms with Crippen LogP contribution in [-0.4, -0.2) is 24.5 Å². The number of benzene rings is 1. The lowest BCUT2D eigenvalue weighted by Gasteiger charge is -2.32. The molecule has 0 radical (unpaired) electrons. The molecule has 2 atom stereocenters. The second-order valence-electron chi connectivity index (χ2n) is 4.55. The molecule has 2 N–H and O–H groups in total. The number of nitrogens with zero attached hydrogens (tertiary/aromatic N) is 1. The maximum absolute atomic E-state index is 13.3. The Morgan fingerprint density at radius 1 is 1.35 bits per heavy atom. The predicted molar refractivity (Wildman–Crippen MR) is 70.3 cm³/mol. The lowest BCUT2D eigenvalue weighted by atomic mass is 9.96. The molecule has 1 aromatic rings. The highest BCUT2D eigenvalue weighted by Gasteiger charge is 2.22. The van der Waals surface area contributed by atoms with Gasteiger partial charge in [0.25, 0.3) is 0 Å². The van der Waals surface area contributed by atoms with Gasteiger partial charge in [0.1, 0.15) is 5.82 Å². The van der Waals surface area contributed by atoms with Gasteiger partial charge in [-0.3, -0.25) is 4.90 Å². The summed E-state index contributed by atoms with van der Waals surface area (Å²) in [6.45, 7) is 5.17. The minimum atomic E-state index is -0.194. The SMILES string of the molecule is CCCN(C)C(c1cccc(F)c1)C(N)CC. The van der Waals surface area contributed by atoms with Crippen LogP contribution < -0.4 is 5.73 Å². The summed E-state index contributed by atoms with van der Waals surface area (Å²) in [6, 6.07) is 6.89. The third kappa shape index (κ3) is 3.79. The fourth-order valence-electron chi connectivity index (χ4n) is 2.23. The smallest absolute Gasteiger partial charge is 0.123 e. The third-order valence-corrected chi connectivity index (χ3v) is 3.12. The van der Waals surface area contributed by atoms with E-state index >= 15 is 0 Å². The Hall–Kier alpha value is -0.930. The van der Waals surface area contributed by atoms with Crippen LogP contribution in [0.5, 0.6) is 0 Å². The first-order chi connectivity index (χ1) is 8.10.